The van der Waals surface area contributed by atoms with Crippen LogP contribution in [0.15, 0.2) is 24.4 Å². The number of aryl methyl sites for hydroxylation is 1. The molecular weight excluding hydrogens is 342 g/mol. The van der Waals surface area contributed by atoms with Gasteiger partial charge in [-0.1, -0.05) is 0 Å². The number of hydrogen-bond acceptors (Lipinski definition) is 4. The lowest BCUT2D eigenvalue weighted by Crippen LogP contribution is -2.49. The van der Waals surface area contributed by atoms with Crippen molar-refractivity contribution >= 4 is 46.6 Å². The predicted molar refractivity (Wildman–Crippen MR) is 101 cm³/mol. The van der Waals surface area contributed by atoms with Crippen molar-refractivity contribution in [3.63, 3.8) is 0 Å². The van der Waals surface area contributed by atoms with Gasteiger partial charge in [0.15, 0.2) is 0 Å². The molecule has 2 N–H and O–H groups in total. The second-order valence-electron chi connectivity index (χ2n) is 6.28. The summed E-state index contributed by atoms with van der Waals surface area (Å²) >= 11 is 0. The van der Waals surface area contributed by atoms with Crippen LogP contribution >= 0.6 is 12.4 Å². The molecule has 25 heavy (non-hydrogen) atoms. The molecule has 0 spiro atoms. The lowest BCUT2D eigenvalue weighted by molar-refractivity contribution is -0.120. The third-order valence-electron chi connectivity index (χ3n) is 4.79. The highest BCUT2D eigenvalue weighted by atomic mass is 35.5. The number of carbonyl (C=O) groups excluding carboxylic acids is 2. The minimum atomic E-state index is -0.341. The van der Waals surface area contributed by atoms with E-state index in [0.717, 1.165) is 42.8 Å². The molecule has 1 aromatic heterocycles. The van der Waals surface area contributed by atoms with Crippen LogP contribution in [0, 0.1) is 0 Å². The SMILES string of the molecule is Cl.Cn1ccc2c(N3CCC(=O)NC3=O)ccc(N3CCNCC3)c21. The number of aromatic nitrogens is 1. The summed E-state index contributed by atoms with van der Waals surface area (Å²) in [6, 6.07) is 5.79. The minimum Gasteiger partial charge on any atom is -0.367 e. The van der Waals surface area contributed by atoms with E-state index in [4.69, 9.17) is 0 Å². The first-order valence-electron chi connectivity index (χ1n) is 8.30. The Morgan fingerprint density at radius 3 is 2.44 bits per heavy atom. The Morgan fingerprint density at radius 2 is 1.72 bits per heavy atom. The molecule has 0 bridgehead atoms. The van der Waals surface area contributed by atoms with Crippen molar-refractivity contribution in [2.24, 2.45) is 7.05 Å². The Hall–Kier alpha value is -2.25. The Labute approximate surface area is 152 Å². The van der Waals surface area contributed by atoms with Gasteiger partial charge in [-0.3, -0.25) is 15.0 Å². The number of amides is 3. The van der Waals surface area contributed by atoms with E-state index >= 15 is 0 Å². The molecular formula is C17H22ClN5O2. The highest BCUT2D eigenvalue weighted by molar-refractivity contribution is 6.11. The van der Waals surface area contributed by atoms with Crippen LogP contribution in [0.3, 0.4) is 0 Å². The maximum absolute atomic E-state index is 12.2. The van der Waals surface area contributed by atoms with E-state index in [1.807, 2.05) is 25.4 Å². The molecule has 2 saturated heterocycles. The summed E-state index contributed by atoms with van der Waals surface area (Å²) in [5, 5.41) is 6.81. The zero-order valence-electron chi connectivity index (χ0n) is 14.1. The number of nitrogens with zero attached hydrogens (tertiary/aromatic N) is 3. The van der Waals surface area contributed by atoms with Crippen LogP contribution in [0.5, 0.6) is 0 Å². The molecule has 2 aliphatic heterocycles. The molecule has 0 unspecified atom stereocenters. The number of imide groups is 1. The maximum atomic E-state index is 12.2. The number of carbonyl (C=O) groups is 2. The quantitative estimate of drug-likeness (QED) is 0.847. The van der Waals surface area contributed by atoms with Gasteiger partial charge in [0.1, 0.15) is 0 Å². The molecule has 2 aromatic rings. The third-order valence-corrected chi connectivity index (χ3v) is 4.79. The predicted octanol–water partition coefficient (Wildman–Crippen LogP) is 1.46. The van der Waals surface area contributed by atoms with E-state index in [-0.39, 0.29) is 24.3 Å². The van der Waals surface area contributed by atoms with Crippen molar-refractivity contribution in [1.82, 2.24) is 15.2 Å². The largest absolute Gasteiger partial charge is 0.367 e. The van der Waals surface area contributed by atoms with Gasteiger partial charge in [-0.2, -0.15) is 0 Å². The van der Waals surface area contributed by atoms with Crippen molar-refractivity contribution in [2.75, 3.05) is 42.5 Å². The summed E-state index contributed by atoms with van der Waals surface area (Å²) in [5.41, 5.74) is 3.17. The van der Waals surface area contributed by atoms with E-state index in [1.54, 1.807) is 4.90 Å². The molecule has 4 rings (SSSR count). The van der Waals surface area contributed by atoms with E-state index in [2.05, 4.69) is 26.2 Å². The fourth-order valence-corrected chi connectivity index (χ4v) is 3.57. The number of fused-ring (bicyclic) bond motifs is 1. The Morgan fingerprint density at radius 1 is 1.00 bits per heavy atom. The van der Waals surface area contributed by atoms with Crippen LogP contribution in [0.25, 0.3) is 10.9 Å². The van der Waals surface area contributed by atoms with Gasteiger partial charge in [-0.05, 0) is 18.2 Å². The molecule has 134 valence electrons. The van der Waals surface area contributed by atoms with Gasteiger partial charge in [0.2, 0.25) is 5.91 Å². The number of rotatable bonds is 2. The molecule has 2 fully saturated rings. The van der Waals surface area contributed by atoms with Gasteiger partial charge in [0.05, 0.1) is 16.9 Å². The van der Waals surface area contributed by atoms with Crippen LogP contribution in [-0.2, 0) is 11.8 Å². The third kappa shape index (κ3) is 3.05. The van der Waals surface area contributed by atoms with Gasteiger partial charge in [-0.25, -0.2) is 4.79 Å². The van der Waals surface area contributed by atoms with E-state index in [1.165, 1.54) is 5.69 Å². The standard InChI is InChI=1S/C17H21N5O2.ClH/c1-20-8-4-12-13(22-9-5-15(23)19-17(22)24)2-3-14(16(12)20)21-10-6-18-7-11-21;/h2-4,8,18H,5-7,9-11H2,1H3,(H,19,23,24);1H. The first-order valence-corrected chi connectivity index (χ1v) is 8.30. The summed E-state index contributed by atoms with van der Waals surface area (Å²) in [5.74, 6) is -0.210. The van der Waals surface area contributed by atoms with E-state index in [0.29, 0.717) is 13.0 Å². The van der Waals surface area contributed by atoms with Gasteiger partial charge >= 0.3 is 6.03 Å². The Kier molecular flexibility index (Phi) is 4.87. The van der Waals surface area contributed by atoms with Gasteiger partial charge in [0.25, 0.3) is 0 Å². The highest BCUT2D eigenvalue weighted by Crippen LogP contribution is 2.35. The average molecular weight is 364 g/mol. The van der Waals surface area contributed by atoms with Crippen molar-refractivity contribution in [3.8, 4) is 0 Å². The number of urea groups is 1. The van der Waals surface area contributed by atoms with Crippen LogP contribution in [0.2, 0.25) is 0 Å². The molecule has 7 nitrogen and oxygen atoms in total. The monoisotopic (exact) mass is 363 g/mol. The topological polar surface area (TPSA) is 69.6 Å². The van der Waals surface area contributed by atoms with Crippen LogP contribution in [0.4, 0.5) is 16.2 Å². The summed E-state index contributed by atoms with van der Waals surface area (Å²) in [6.45, 7) is 4.31. The highest BCUT2D eigenvalue weighted by Gasteiger charge is 2.27. The summed E-state index contributed by atoms with van der Waals surface area (Å²) in [4.78, 5) is 27.6. The molecule has 8 heteroatoms. The fraction of sp³-hybridized carbons (Fsp3) is 0.412. The van der Waals surface area contributed by atoms with E-state index in [9.17, 15) is 9.59 Å². The first kappa shape index (κ1) is 17.6. The van der Waals surface area contributed by atoms with E-state index < -0.39 is 0 Å². The number of halogens is 1. The Bertz CT molecular complexity index is 813. The first-order chi connectivity index (χ1) is 11.6. The molecule has 0 saturated carbocycles. The number of anilines is 2. The number of piperazine rings is 1. The number of hydrogen-bond donors (Lipinski definition) is 2. The molecule has 0 aliphatic carbocycles. The maximum Gasteiger partial charge on any atom is 0.328 e. The van der Waals surface area contributed by atoms with Crippen molar-refractivity contribution in [1.29, 1.82) is 0 Å². The normalized spacial score (nSPS) is 18.3. The summed E-state index contributed by atoms with van der Waals surface area (Å²) in [7, 11) is 2.03. The zero-order valence-corrected chi connectivity index (χ0v) is 14.9. The van der Waals surface area contributed by atoms with Crippen LogP contribution in [0.1, 0.15) is 6.42 Å². The second-order valence-corrected chi connectivity index (χ2v) is 6.28. The molecule has 0 radical (unpaired) electrons. The molecule has 1 aromatic carbocycles. The second kappa shape index (κ2) is 6.93. The molecule has 2 aliphatic rings. The molecule has 0 atom stereocenters. The fourth-order valence-electron chi connectivity index (χ4n) is 3.57. The van der Waals surface area contributed by atoms with Crippen molar-refractivity contribution in [2.45, 2.75) is 6.42 Å². The van der Waals surface area contributed by atoms with Gasteiger partial charge in [-0.15, -0.1) is 12.4 Å². The molecule has 3 amide bonds. The van der Waals surface area contributed by atoms with Gasteiger partial charge in [0, 0.05) is 57.8 Å². The Balaban J connectivity index is 0.00000182. The summed E-state index contributed by atoms with van der Waals surface area (Å²) < 4.78 is 2.10. The number of nitrogens with one attached hydrogen (secondary N) is 2. The zero-order chi connectivity index (χ0) is 16.7. The lowest BCUT2D eigenvalue weighted by Gasteiger charge is -2.32. The van der Waals surface area contributed by atoms with Crippen LogP contribution in [-0.4, -0.2) is 49.2 Å². The van der Waals surface area contributed by atoms with Crippen molar-refractivity contribution in [3.05, 3.63) is 24.4 Å². The van der Waals surface area contributed by atoms with Crippen LogP contribution < -0.4 is 20.4 Å². The average Bonchev–Trinajstić information content (AvgIpc) is 2.98. The van der Waals surface area contributed by atoms with Crippen molar-refractivity contribution < 1.29 is 9.59 Å². The lowest BCUT2D eigenvalue weighted by atomic mass is 10.1. The smallest absolute Gasteiger partial charge is 0.328 e. The minimum absolute atomic E-state index is 0. The number of benzene rings is 1. The van der Waals surface area contributed by atoms with Gasteiger partial charge < -0.3 is 14.8 Å². The molecule has 3 heterocycles. The summed E-state index contributed by atoms with van der Waals surface area (Å²) in [6.07, 6.45) is 2.35.